The van der Waals surface area contributed by atoms with Crippen LogP contribution in [-0.2, 0) is 6.54 Å². The highest BCUT2D eigenvalue weighted by Gasteiger charge is 2.19. The summed E-state index contributed by atoms with van der Waals surface area (Å²) in [5.74, 6) is 1.44. The maximum atomic E-state index is 9.69. The Hall–Kier alpha value is -0.780. The van der Waals surface area contributed by atoms with Crippen LogP contribution in [0.5, 0.6) is 11.5 Å². The van der Waals surface area contributed by atoms with Crippen molar-refractivity contribution >= 4 is 15.9 Å². The molecule has 1 fully saturated rings. The van der Waals surface area contributed by atoms with Crippen LogP contribution in [0.25, 0.3) is 0 Å². The molecule has 0 aromatic heterocycles. The van der Waals surface area contributed by atoms with Gasteiger partial charge in [0.2, 0.25) is 0 Å². The van der Waals surface area contributed by atoms with Crippen molar-refractivity contribution < 1.29 is 14.6 Å². The molecule has 20 heavy (non-hydrogen) atoms. The third-order valence-electron chi connectivity index (χ3n) is 3.73. The molecule has 0 aliphatic heterocycles. The van der Waals surface area contributed by atoms with Gasteiger partial charge in [0.05, 0.1) is 24.8 Å². The van der Waals surface area contributed by atoms with E-state index in [4.69, 9.17) is 9.47 Å². The van der Waals surface area contributed by atoms with Crippen LogP contribution in [0.2, 0.25) is 0 Å². The van der Waals surface area contributed by atoms with E-state index < -0.39 is 0 Å². The summed E-state index contributed by atoms with van der Waals surface area (Å²) in [4.78, 5) is 0. The lowest BCUT2D eigenvalue weighted by atomic mass is 9.93. The van der Waals surface area contributed by atoms with Crippen LogP contribution in [0, 0.1) is 0 Å². The zero-order valence-corrected chi connectivity index (χ0v) is 13.6. The van der Waals surface area contributed by atoms with Gasteiger partial charge in [-0.2, -0.15) is 0 Å². The minimum Gasteiger partial charge on any atom is -0.493 e. The van der Waals surface area contributed by atoms with Crippen LogP contribution in [0.1, 0.15) is 31.2 Å². The van der Waals surface area contributed by atoms with Gasteiger partial charge in [-0.15, -0.1) is 0 Å². The van der Waals surface area contributed by atoms with Gasteiger partial charge in [0.1, 0.15) is 0 Å². The van der Waals surface area contributed by atoms with E-state index in [1.165, 1.54) is 0 Å². The summed E-state index contributed by atoms with van der Waals surface area (Å²) in [5, 5.41) is 13.2. The lowest BCUT2D eigenvalue weighted by molar-refractivity contribution is 0.111. The molecule has 1 aromatic carbocycles. The standard InChI is InChI=1S/C15H22BrNO3/c1-19-14-7-10(6-13(16)15(14)20-2)9-17-11-4-3-5-12(18)8-11/h6-7,11-12,17-18H,3-5,8-9H2,1-2H3. The fraction of sp³-hybridized carbons (Fsp3) is 0.600. The van der Waals surface area contributed by atoms with Crippen molar-refractivity contribution in [3.8, 4) is 11.5 Å². The van der Waals surface area contributed by atoms with E-state index in [-0.39, 0.29) is 6.10 Å². The van der Waals surface area contributed by atoms with E-state index in [1.54, 1.807) is 14.2 Å². The molecule has 0 heterocycles. The molecule has 1 aliphatic rings. The maximum Gasteiger partial charge on any atom is 0.174 e. The molecule has 112 valence electrons. The van der Waals surface area contributed by atoms with Gasteiger partial charge in [0.15, 0.2) is 11.5 Å². The first-order chi connectivity index (χ1) is 9.63. The molecule has 0 spiro atoms. The summed E-state index contributed by atoms with van der Waals surface area (Å²) in [5.41, 5.74) is 1.13. The number of aliphatic hydroxyl groups excluding tert-OH is 1. The van der Waals surface area contributed by atoms with Crippen molar-refractivity contribution in [1.82, 2.24) is 5.32 Å². The molecule has 1 saturated carbocycles. The van der Waals surface area contributed by atoms with Crippen LogP contribution in [-0.4, -0.2) is 31.5 Å². The number of hydrogen-bond donors (Lipinski definition) is 2. The molecule has 0 bridgehead atoms. The fourth-order valence-electron chi connectivity index (χ4n) is 2.68. The molecule has 1 aliphatic carbocycles. The zero-order valence-electron chi connectivity index (χ0n) is 12.0. The monoisotopic (exact) mass is 343 g/mol. The average molecular weight is 344 g/mol. The Labute approximate surface area is 128 Å². The summed E-state index contributed by atoms with van der Waals surface area (Å²) in [6, 6.07) is 4.41. The van der Waals surface area contributed by atoms with Crippen molar-refractivity contribution in [2.24, 2.45) is 0 Å². The minimum atomic E-state index is -0.154. The Morgan fingerprint density at radius 1 is 1.30 bits per heavy atom. The van der Waals surface area contributed by atoms with Crippen molar-refractivity contribution in [3.05, 3.63) is 22.2 Å². The summed E-state index contributed by atoms with van der Waals surface area (Å²) in [6.07, 6.45) is 3.84. The van der Waals surface area contributed by atoms with E-state index in [2.05, 4.69) is 21.2 Å². The van der Waals surface area contributed by atoms with Gasteiger partial charge >= 0.3 is 0 Å². The first-order valence-electron chi connectivity index (χ1n) is 6.96. The second kappa shape index (κ2) is 7.29. The topological polar surface area (TPSA) is 50.7 Å². The highest BCUT2D eigenvalue weighted by Crippen LogP contribution is 2.36. The molecule has 4 nitrogen and oxygen atoms in total. The summed E-state index contributed by atoms with van der Waals surface area (Å²) in [6.45, 7) is 0.760. The smallest absolute Gasteiger partial charge is 0.174 e. The zero-order chi connectivity index (χ0) is 14.5. The number of aliphatic hydroxyl groups is 1. The van der Waals surface area contributed by atoms with Crippen LogP contribution in [0.15, 0.2) is 16.6 Å². The Balaban J connectivity index is 2.00. The van der Waals surface area contributed by atoms with Crippen LogP contribution in [0.4, 0.5) is 0 Å². The lowest BCUT2D eigenvalue weighted by Gasteiger charge is -2.27. The quantitative estimate of drug-likeness (QED) is 0.863. The van der Waals surface area contributed by atoms with Crippen molar-refractivity contribution in [3.63, 3.8) is 0 Å². The van der Waals surface area contributed by atoms with E-state index in [0.717, 1.165) is 48.0 Å². The number of ether oxygens (including phenoxy) is 2. The fourth-order valence-corrected chi connectivity index (χ4v) is 3.34. The third kappa shape index (κ3) is 3.87. The Bertz CT molecular complexity index is 453. The summed E-state index contributed by atoms with van der Waals surface area (Å²) < 4.78 is 11.5. The van der Waals surface area contributed by atoms with Gasteiger partial charge in [-0.25, -0.2) is 0 Å². The van der Waals surface area contributed by atoms with Gasteiger partial charge in [-0.1, -0.05) is 0 Å². The molecule has 0 saturated heterocycles. The average Bonchev–Trinajstić information content (AvgIpc) is 2.44. The molecule has 1 aromatic rings. The number of nitrogens with one attached hydrogen (secondary N) is 1. The Morgan fingerprint density at radius 2 is 2.10 bits per heavy atom. The predicted octanol–water partition coefficient (Wildman–Crippen LogP) is 2.86. The molecular formula is C15H22BrNO3. The third-order valence-corrected chi connectivity index (χ3v) is 4.32. The molecule has 2 atom stereocenters. The van der Waals surface area contributed by atoms with E-state index in [1.807, 2.05) is 12.1 Å². The minimum absolute atomic E-state index is 0.154. The molecule has 2 unspecified atom stereocenters. The first-order valence-corrected chi connectivity index (χ1v) is 7.75. The number of methoxy groups -OCH3 is 2. The maximum absolute atomic E-state index is 9.69. The molecule has 0 amide bonds. The Kier molecular flexibility index (Phi) is 5.69. The highest BCUT2D eigenvalue weighted by molar-refractivity contribution is 9.10. The summed E-state index contributed by atoms with van der Waals surface area (Å²) >= 11 is 3.50. The van der Waals surface area contributed by atoms with Gasteiger partial charge in [0.25, 0.3) is 0 Å². The van der Waals surface area contributed by atoms with Crippen molar-refractivity contribution in [1.29, 1.82) is 0 Å². The molecule has 2 N–H and O–H groups in total. The van der Waals surface area contributed by atoms with E-state index >= 15 is 0 Å². The number of rotatable bonds is 5. The van der Waals surface area contributed by atoms with Crippen LogP contribution < -0.4 is 14.8 Å². The number of benzene rings is 1. The van der Waals surface area contributed by atoms with Gasteiger partial charge in [-0.3, -0.25) is 0 Å². The summed E-state index contributed by atoms with van der Waals surface area (Å²) in [7, 11) is 3.27. The van der Waals surface area contributed by atoms with Crippen molar-refractivity contribution in [2.45, 2.75) is 44.4 Å². The predicted molar refractivity (Wildman–Crippen MR) is 82.3 cm³/mol. The second-order valence-electron chi connectivity index (χ2n) is 5.21. The van der Waals surface area contributed by atoms with Gasteiger partial charge in [0, 0.05) is 12.6 Å². The Morgan fingerprint density at radius 3 is 2.75 bits per heavy atom. The molecular weight excluding hydrogens is 322 g/mol. The highest BCUT2D eigenvalue weighted by atomic mass is 79.9. The molecule has 0 radical (unpaired) electrons. The largest absolute Gasteiger partial charge is 0.493 e. The lowest BCUT2D eigenvalue weighted by Crippen LogP contribution is -2.35. The molecule has 2 rings (SSSR count). The second-order valence-corrected chi connectivity index (χ2v) is 6.07. The van der Waals surface area contributed by atoms with Crippen LogP contribution in [0.3, 0.4) is 0 Å². The number of halogens is 1. The van der Waals surface area contributed by atoms with Crippen molar-refractivity contribution in [2.75, 3.05) is 14.2 Å². The van der Waals surface area contributed by atoms with E-state index in [0.29, 0.717) is 11.8 Å². The molecule has 5 heteroatoms. The SMILES string of the molecule is COc1cc(CNC2CCCC(O)C2)cc(Br)c1OC. The first kappa shape index (κ1) is 15.6. The normalized spacial score (nSPS) is 22.6. The van der Waals surface area contributed by atoms with E-state index in [9.17, 15) is 5.11 Å². The van der Waals surface area contributed by atoms with Gasteiger partial charge < -0.3 is 19.9 Å². The van der Waals surface area contributed by atoms with Gasteiger partial charge in [-0.05, 0) is 59.3 Å². The number of hydrogen-bond acceptors (Lipinski definition) is 4. The van der Waals surface area contributed by atoms with Crippen LogP contribution >= 0.6 is 15.9 Å².